The van der Waals surface area contributed by atoms with E-state index in [4.69, 9.17) is 39.5 Å². The number of nitrogens with zero attached hydrogens (tertiary/aromatic N) is 3. The van der Waals surface area contributed by atoms with Crippen molar-refractivity contribution in [3.8, 4) is 0 Å². The number of methoxy groups -OCH3 is 1. The third kappa shape index (κ3) is 5.98. The van der Waals surface area contributed by atoms with Crippen LogP contribution in [-0.4, -0.2) is 35.8 Å². The first-order chi connectivity index (χ1) is 14.9. The zero-order chi connectivity index (χ0) is 22.4. The van der Waals surface area contributed by atoms with Gasteiger partial charge in [0.05, 0.1) is 28.0 Å². The molecule has 0 saturated carbocycles. The fraction of sp³-hybridized carbons (Fsp3) is 0.190. The van der Waals surface area contributed by atoms with Crippen molar-refractivity contribution in [1.82, 2.24) is 9.97 Å². The summed E-state index contributed by atoms with van der Waals surface area (Å²) in [6.45, 7) is 2.41. The smallest absolute Gasteiger partial charge is 0.332 e. The van der Waals surface area contributed by atoms with Gasteiger partial charge in [-0.3, -0.25) is 0 Å². The van der Waals surface area contributed by atoms with Gasteiger partial charge < -0.3 is 15.4 Å². The Hall–Kier alpha value is -2.58. The highest BCUT2D eigenvalue weighted by atomic mass is 35.5. The second-order valence-electron chi connectivity index (χ2n) is 6.59. The second kappa shape index (κ2) is 10.6. The Morgan fingerprint density at radius 3 is 2.61 bits per heavy atom. The molecule has 0 spiro atoms. The van der Waals surface area contributed by atoms with Gasteiger partial charge in [-0.1, -0.05) is 53.0 Å². The lowest BCUT2D eigenvalue weighted by Crippen LogP contribution is -2.32. The van der Waals surface area contributed by atoms with E-state index < -0.39 is 6.03 Å². The predicted molar refractivity (Wildman–Crippen MR) is 126 cm³/mol. The van der Waals surface area contributed by atoms with Crippen LogP contribution in [0.15, 0.2) is 54.7 Å². The Kier molecular flexibility index (Phi) is 7.92. The van der Waals surface area contributed by atoms with Gasteiger partial charge in [0, 0.05) is 30.4 Å². The highest BCUT2D eigenvalue weighted by Gasteiger charge is 2.22. The van der Waals surface area contributed by atoms with Crippen LogP contribution in [0.1, 0.15) is 6.92 Å². The number of aromatic nitrogens is 2. The molecule has 0 saturated heterocycles. The van der Waals surface area contributed by atoms with Crippen LogP contribution in [0, 0.1) is 0 Å². The van der Waals surface area contributed by atoms with Gasteiger partial charge in [-0.2, -0.15) is 4.98 Å². The maximum Gasteiger partial charge on any atom is 0.332 e. The molecule has 3 rings (SSSR count). The summed E-state index contributed by atoms with van der Waals surface area (Å²) in [5, 5.41) is 6.66. The molecular formula is C21H20Cl3N5O2. The van der Waals surface area contributed by atoms with E-state index in [0.717, 1.165) is 0 Å². The number of anilines is 4. The SMILES string of the molecule is COCC(C)Nc1nccc(N(C(=O)Nc2cc(Cl)cc(Cl)c2Cl)c2ccccc2)n1. The summed E-state index contributed by atoms with van der Waals surface area (Å²) >= 11 is 18.4. The number of carbonyl (C=O) groups is 1. The maximum absolute atomic E-state index is 13.3. The Labute approximate surface area is 195 Å². The molecule has 162 valence electrons. The summed E-state index contributed by atoms with van der Waals surface area (Å²) < 4.78 is 5.13. The molecular weight excluding hydrogens is 461 g/mol. The van der Waals surface area contributed by atoms with Crippen LogP contribution in [-0.2, 0) is 4.74 Å². The van der Waals surface area contributed by atoms with E-state index in [1.807, 2.05) is 25.1 Å². The molecule has 0 aliphatic heterocycles. The molecule has 31 heavy (non-hydrogen) atoms. The van der Waals surface area contributed by atoms with E-state index in [2.05, 4.69) is 20.6 Å². The highest BCUT2D eigenvalue weighted by Crippen LogP contribution is 2.34. The molecule has 1 heterocycles. The molecule has 2 N–H and O–H groups in total. The van der Waals surface area contributed by atoms with E-state index in [1.54, 1.807) is 31.5 Å². The number of amides is 2. The number of halogens is 3. The average Bonchev–Trinajstić information content (AvgIpc) is 2.73. The molecule has 2 aromatic carbocycles. The number of nitrogens with one attached hydrogen (secondary N) is 2. The number of benzene rings is 2. The molecule has 2 amide bonds. The van der Waals surface area contributed by atoms with Crippen LogP contribution in [0.5, 0.6) is 0 Å². The van der Waals surface area contributed by atoms with Crippen LogP contribution >= 0.6 is 34.8 Å². The molecule has 10 heteroatoms. The minimum absolute atomic E-state index is 0.0216. The van der Waals surface area contributed by atoms with Crippen LogP contribution in [0.4, 0.5) is 27.9 Å². The molecule has 0 aliphatic rings. The van der Waals surface area contributed by atoms with Gasteiger partial charge >= 0.3 is 6.03 Å². The van der Waals surface area contributed by atoms with Crippen molar-refractivity contribution in [2.24, 2.45) is 0 Å². The van der Waals surface area contributed by atoms with Crippen molar-refractivity contribution < 1.29 is 9.53 Å². The third-order valence-corrected chi connectivity index (χ3v) is 5.13. The van der Waals surface area contributed by atoms with Crippen molar-refractivity contribution in [2.75, 3.05) is 29.3 Å². The van der Waals surface area contributed by atoms with Crippen molar-refractivity contribution in [2.45, 2.75) is 13.0 Å². The molecule has 0 radical (unpaired) electrons. The fourth-order valence-corrected chi connectivity index (χ4v) is 3.45. The Balaban J connectivity index is 1.96. The van der Waals surface area contributed by atoms with Crippen molar-refractivity contribution >= 4 is 64.0 Å². The van der Waals surface area contributed by atoms with E-state index >= 15 is 0 Å². The quantitative estimate of drug-likeness (QED) is 0.391. The van der Waals surface area contributed by atoms with Gasteiger partial charge in [0.25, 0.3) is 0 Å². The first-order valence-electron chi connectivity index (χ1n) is 9.28. The summed E-state index contributed by atoms with van der Waals surface area (Å²) in [4.78, 5) is 23.4. The lowest BCUT2D eigenvalue weighted by Gasteiger charge is -2.23. The van der Waals surface area contributed by atoms with E-state index in [9.17, 15) is 4.79 Å². The highest BCUT2D eigenvalue weighted by molar-refractivity contribution is 6.45. The lowest BCUT2D eigenvalue weighted by atomic mass is 10.3. The summed E-state index contributed by atoms with van der Waals surface area (Å²) in [5.74, 6) is 0.717. The number of hydrogen-bond donors (Lipinski definition) is 2. The number of rotatable bonds is 7. The number of hydrogen-bond acceptors (Lipinski definition) is 5. The third-order valence-electron chi connectivity index (χ3n) is 4.11. The van der Waals surface area contributed by atoms with Crippen LogP contribution in [0.2, 0.25) is 15.1 Å². The van der Waals surface area contributed by atoms with Gasteiger partial charge in [0.2, 0.25) is 5.95 Å². The maximum atomic E-state index is 13.3. The number of ether oxygens (including phenoxy) is 1. The van der Waals surface area contributed by atoms with Crippen molar-refractivity contribution in [3.63, 3.8) is 0 Å². The Morgan fingerprint density at radius 2 is 1.90 bits per heavy atom. The van der Waals surface area contributed by atoms with E-state index in [-0.39, 0.29) is 21.8 Å². The number of urea groups is 1. The summed E-state index contributed by atoms with van der Waals surface area (Å²) in [6.07, 6.45) is 1.57. The molecule has 1 atom stereocenters. The van der Waals surface area contributed by atoms with Gasteiger partial charge in [0.1, 0.15) is 5.82 Å². The van der Waals surface area contributed by atoms with Crippen molar-refractivity contribution in [3.05, 3.63) is 69.8 Å². The van der Waals surface area contributed by atoms with Crippen molar-refractivity contribution in [1.29, 1.82) is 0 Å². The molecule has 7 nitrogen and oxygen atoms in total. The van der Waals surface area contributed by atoms with E-state index in [0.29, 0.717) is 29.1 Å². The first-order valence-corrected chi connectivity index (χ1v) is 10.4. The largest absolute Gasteiger partial charge is 0.383 e. The minimum atomic E-state index is -0.499. The number of para-hydroxylation sites is 1. The Bertz CT molecular complexity index is 1050. The first kappa shape index (κ1) is 23.1. The minimum Gasteiger partial charge on any atom is -0.383 e. The molecule has 0 bridgehead atoms. The van der Waals surface area contributed by atoms with Gasteiger partial charge in [-0.25, -0.2) is 14.7 Å². The molecule has 1 aromatic heterocycles. The van der Waals surface area contributed by atoms with Gasteiger partial charge in [0.15, 0.2) is 0 Å². The average molecular weight is 481 g/mol. The molecule has 0 fully saturated rings. The zero-order valence-electron chi connectivity index (χ0n) is 16.8. The summed E-state index contributed by atoms with van der Waals surface area (Å²) in [6, 6.07) is 13.2. The summed E-state index contributed by atoms with van der Waals surface area (Å²) in [7, 11) is 1.62. The van der Waals surface area contributed by atoms with E-state index in [1.165, 1.54) is 17.0 Å². The van der Waals surface area contributed by atoms with Gasteiger partial charge in [-0.15, -0.1) is 0 Å². The molecule has 3 aromatic rings. The standard InChI is InChI=1S/C21H20Cl3N5O2/c1-13(12-31-2)26-20-25-9-8-18(28-20)29(15-6-4-3-5-7-15)21(30)27-17-11-14(22)10-16(23)19(17)24/h3-11,13H,12H2,1-2H3,(H,27,30)(H,25,26,28). The predicted octanol–water partition coefficient (Wildman–Crippen LogP) is 6.25. The molecule has 0 aliphatic carbocycles. The van der Waals surface area contributed by atoms with Gasteiger partial charge in [-0.05, 0) is 31.2 Å². The van der Waals surface area contributed by atoms with Crippen LogP contribution in [0.25, 0.3) is 0 Å². The second-order valence-corrected chi connectivity index (χ2v) is 7.81. The number of carbonyl (C=O) groups excluding carboxylic acids is 1. The van der Waals surface area contributed by atoms with Crippen LogP contribution < -0.4 is 15.5 Å². The normalized spacial score (nSPS) is 11.6. The molecule has 1 unspecified atom stereocenters. The topological polar surface area (TPSA) is 79.4 Å². The summed E-state index contributed by atoms with van der Waals surface area (Å²) in [5.41, 5.74) is 0.880. The fourth-order valence-electron chi connectivity index (χ4n) is 2.80. The zero-order valence-corrected chi connectivity index (χ0v) is 19.0. The monoisotopic (exact) mass is 479 g/mol. The lowest BCUT2D eigenvalue weighted by molar-refractivity contribution is 0.190. The Morgan fingerprint density at radius 1 is 1.16 bits per heavy atom. The van der Waals surface area contributed by atoms with Crippen LogP contribution in [0.3, 0.4) is 0 Å².